The zero-order valence-electron chi connectivity index (χ0n) is 8.55. The molecule has 14 heavy (non-hydrogen) atoms. The van der Waals surface area contributed by atoms with Gasteiger partial charge in [0.2, 0.25) is 0 Å². The van der Waals surface area contributed by atoms with E-state index in [2.05, 4.69) is 28.7 Å². The van der Waals surface area contributed by atoms with Crippen LogP contribution in [0.25, 0.3) is 0 Å². The molecule has 1 atom stereocenters. The van der Waals surface area contributed by atoms with E-state index in [1.165, 1.54) is 19.4 Å². The second-order valence-corrected chi connectivity index (χ2v) is 5.39. The molecule has 2 aliphatic rings. The number of likely N-dealkylation sites (N-methyl/N-ethyl adjacent to an activating group) is 1. The molecule has 2 nitrogen and oxygen atoms in total. The van der Waals surface area contributed by atoms with E-state index in [-0.39, 0.29) is 0 Å². The van der Waals surface area contributed by atoms with Crippen molar-refractivity contribution in [2.75, 3.05) is 26.7 Å². The van der Waals surface area contributed by atoms with Crippen molar-refractivity contribution in [2.24, 2.45) is 0 Å². The summed E-state index contributed by atoms with van der Waals surface area (Å²) in [6, 6.07) is 2.33. The highest BCUT2D eigenvalue weighted by atomic mass is 32.1. The van der Waals surface area contributed by atoms with E-state index >= 15 is 0 Å². The Labute approximate surface area is 88.9 Å². The van der Waals surface area contributed by atoms with Gasteiger partial charge in [0.05, 0.1) is 5.54 Å². The normalized spacial score (nSPS) is 32.4. The Bertz CT molecular complexity index is 347. The lowest BCUT2D eigenvalue weighted by Gasteiger charge is -2.43. The molecule has 0 saturated carbocycles. The van der Waals surface area contributed by atoms with Crippen LogP contribution in [-0.2, 0) is 12.0 Å². The molecule has 76 valence electrons. The fourth-order valence-corrected chi connectivity index (χ4v) is 3.85. The predicted octanol–water partition coefficient (Wildman–Crippen LogP) is 1.42. The van der Waals surface area contributed by atoms with Crippen molar-refractivity contribution < 1.29 is 0 Å². The number of thiophene rings is 1. The molecule has 3 heteroatoms. The summed E-state index contributed by atoms with van der Waals surface area (Å²) in [5.74, 6) is 0. The summed E-state index contributed by atoms with van der Waals surface area (Å²) in [6.45, 7) is 3.44. The van der Waals surface area contributed by atoms with Crippen molar-refractivity contribution in [3.05, 3.63) is 21.9 Å². The van der Waals surface area contributed by atoms with Crippen molar-refractivity contribution in [3.63, 3.8) is 0 Å². The molecule has 1 aliphatic heterocycles. The van der Waals surface area contributed by atoms with Crippen LogP contribution >= 0.6 is 11.3 Å². The summed E-state index contributed by atoms with van der Waals surface area (Å²) in [4.78, 5) is 4.16. The molecule has 1 aromatic rings. The highest BCUT2D eigenvalue weighted by molar-refractivity contribution is 7.10. The van der Waals surface area contributed by atoms with Gasteiger partial charge in [0.1, 0.15) is 0 Å². The van der Waals surface area contributed by atoms with Crippen molar-refractivity contribution in [2.45, 2.75) is 18.4 Å². The van der Waals surface area contributed by atoms with Crippen LogP contribution in [0.3, 0.4) is 0 Å². The van der Waals surface area contributed by atoms with Gasteiger partial charge in [-0.15, -0.1) is 11.3 Å². The molecule has 0 radical (unpaired) electrons. The minimum Gasteiger partial charge on any atom is -0.313 e. The van der Waals surface area contributed by atoms with Crippen LogP contribution < -0.4 is 5.32 Å². The minimum absolute atomic E-state index is 0.327. The Morgan fingerprint density at radius 3 is 3.36 bits per heavy atom. The maximum atomic E-state index is 3.54. The molecule has 0 aromatic carbocycles. The number of fused-ring (bicyclic) bond motifs is 2. The largest absolute Gasteiger partial charge is 0.313 e. The van der Waals surface area contributed by atoms with Crippen LogP contribution in [0.1, 0.15) is 16.9 Å². The number of hydrogen-bond donors (Lipinski definition) is 1. The first kappa shape index (κ1) is 8.89. The minimum atomic E-state index is 0.327. The molecule has 1 aromatic heterocycles. The smallest absolute Gasteiger partial charge is 0.0598 e. The van der Waals surface area contributed by atoms with Gasteiger partial charge in [-0.1, -0.05) is 0 Å². The first-order chi connectivity index (χ1) is 6.83. The van der Waals surface area contributed by atoms with Crippen LogP contribution in [-0.4, -0.2) is 31.6 Å². The van der Waals surface area contributed by atoms with Crippen LogP contribution in [0.5, 0.6) is 0 Å². The number of rotatable bonds is 0. The fourth-order valence-electron chi connectivity index (χ4n) is 2.87. The van der Waals surface area contributed by atoms with E-state index in [0.29, 0.717) is 5.54 Å². The molecule has 1 aliphatic carbocycles. The van der Waals surface area contributed by atoms with E-state index in [9.17, 15) is 0 Å². The van der Waals surface area contributed by atoms with Crippen LogP contribution in [0.2, 0.25) is 0 Å². The molecule has 1 fully saturated rings. The fraction of sp³-hybridized carbons (Fsp3) is 0.636. The Morgan fingerprint density at radius 1 is 1.57 bits per heavy atom. The van der Waals surface area contributed by atoms with Crippen molar-refractivity contribution in [1.82, 2.24) is 10.2 Å². The van der Waals surface area contributed by atoms with Crippen molar-refractivity contribution in [3.8, 4) is 0 Å². The van der Waals surface area contributed by atoms with Crippen LogP contribution in [0.15, 0.2) is 11.4 Å². The Kier molecular flexibility index (Phi) is 1.94. The van der Waals surface area contributed by atoms with Crippen LogP contribution in [0.4, 0.5) is 0 Å². The zero-order chi connectivity index (χ0) is 9.60. The molecular weight excluding hydrogens is 192 g/mol. The molecule has 1 unspecified atom stereocenters. The summed E-state index contributed by atoms with van der Waals surface area (Å²) in [6.07, 6.45) is 2.58. The summed E-state index contributed by atoms with van der Waals surface area (Å²) in [7, 11) is 2.27. The van der Waals surface area contributed by atoms with Crippen molar-refractivity contribution >= 4 is 11.3 Å². The number of hydrogen-bond acceptors (Lipinski definition) is 3. The van der Waals surface area contributed by atoms with Gasteiger partial charge in [-0.3, -0.25) is 4.90 Å². The summed E-state index contributed by atoms with van der Waals surface area (Å²) >= 11 is 1.93. The van der Waals surface area contributed by atoms with Gasteiger partial charge in [-0.2, -0.15) is 0 Å². The number of piperazine rings is 1. The molecule has 1 spiro atoms. The second kappa shape index (κ2) is 3.05. The summed E-state index contributed by atoms with van der Waals surface area (Å²) < 4.78 is 0. The molecule has 0 amide bonds. The van der Waals surface area contributed by atoms with Gasteiger partial charge < -0.3 is 5.32 Å². The maximum Gasteiger partial charge on any atom is 0.0598 e. The van der Waals surface area contributed by atoms with Gasteiger partial charge in [0, 0.05) is 24.5 Å². The van der Waals surface area contributed by atoms with Gasteiger partial charge in [-0.25, -0.2) is 0 Å². The average Bonchev–Trinajstić information content (AvgIpc) is 2.75. The quantitative estimate of drug-likeness (QED) is 0.694. The lowest BCUT2D eigenvalue weighted by atomic mass is 9.89. The van der Waals surface area contributed by atoms with E-state index in [0.717, 1.165) is 13.1 Å². The van der Waals surface area contributed by atoms with E-state index in [1.807, 2.05) is 11.3 Å². The molecular formula is C11H16N2S. The first-order valence-corrected chi connectivity index (χ1v) is 6.20. The van der Waals surface area contributed by atoms with E-state index < -0.39 is 0 Å². The monoisotopic (exact) mass is 208 g/mol. The lowest BCUT2D eigenvalue weighted by Crippen LogP contribution is -2.56. The third kappa shape index (κ3) is 1.03. The van der Waals surface area contributed by atoms with Gasteiger partial charge in [-0.05, 0) is 36.9 Å². The zero-order valence-corrected chi connectivity index (χ0v) is 9.36. The molecule has 1 N–H and O–H groups in total. The highest BCUT2D eigenvalue weighted by Gasteiger charge is 2.43. The Hall–Kier alpha value is -0.380. The van der Waals surface area contributed by atoms with Crippen molar-refractivity contribution in [1.29, 1.82) is 0 Å². The average molecular weight is 208 g/mol. The number of aryl methyl sites for hydroxylation is 1. The van der Waals surface area contributed by atoms with E-state index in [4.69, 9.17) is 0 Å². The Balaban J connectivity index is 2.04. The summed E-state index contributed by atoms with van der Waals surface area (Å²) in [5, 5.41) is 5.79. The third-order valence-electron chi connectivity index (χ3n) is 3.78. The molecule has 2 heterocycles. The van der Waals surface area contributed by atoms with E-state index in [1.54, 1.807) is 10.4 Å². The van der Waals surface area contributed by atoms with Gasteiger partial charge >= 0.3 is 0 Å². The summed E-state index contributed by atoms with van der Waals surface area (Å²) in [5.41, 5.74) is 1.92. The number of nitrogens with zero attached hydrogens (tertiary/aromatic N) is 1. The topological polar surface area (TPSA) is 15.3 Å². The van der Waals surface area contributed by atoms with Gasteiger partial charge in [0.15, 0.2) is 0 Å². The Morgan fingerprint density at radius 2 is 2.50 bits per heavy atom. The SMILES string of the molecule is CN1CCNCC12CCc1sccc12. The standard InChI is InChI=1S/C11H16N2S/c1-13-6-5-12-8-11(13)4-2-10-9(11)3-7-14-10/h3,7,12H,2,4-6,8H2,1H3. The predicted molar refractivity (Wildman–Crippen MR) is 59.8 cm³/mol. The molecule has 3 rings (SSSR count). The molecule has 0 bridgehead atoms. The second-order valence-electron chi connectivity index (χ2n) is 4.39. The third-order valence-corrected chi connectivity index (χ3v) is 4.77. The van der Waals surface area contributed by atoms with Crippen LogP contribution in [0, 0.1) is 0 Å². The highest BCUT2D eigenvalue weighted by Crippen LogP contribution is 2.43. The molecule has 1 saturated heterocycles. The lowest BCUT2D eigenvalue weighted by molar-refractivity contribution is 0.0871. The van der Waals surface area contributed by atoms with Gasteiger partial charge in [0.25, 0.3) is 0 Å². The number of nitrogens with one attached hydrogen (secondary N) is 1. The first-order valence-electron chi connectivity index (χ1n) is 5.32. The maximum absolute atomic E-state index is 3.54.